The van der Waals surface area contributed by atoms with Crippen molar-refractivity contribution in [2.75, 3.05) is 0 Å². The average Bonchev–Trinajstić information content (AvgIpc) is 2.18. The molecule has 0 aliphatic carbocycles. The van der Waals surface area contributed by atoms with Gasteiger partial charge in [-0.05, 0) is 17.7 Å². The third-order valence-electron chi connectivity index (χ3n) is 1.83. The van der Waals surface area contributed by atoms with Gasteiger partial charge in [0, 0.05) is 22.8 Å². The summed E-state index contributed by atoms with van der Waals surface area (Å²) >= 11 is 11.8. The minimum absolute atomic E-state index is 0.349. The highest BCUT2D eigenvalue weighted by Crippen LogP contribution is 2.27. The second kappa shape index (κ2) is 3.99. The summed E-state index contributed by atoms with van der Waals surface area (Å²) in [7, 11) is 0. The summed E-state index contributed by atoms with van der Waals surface area (Å²) in [5.41, 5.74) is 1.77. The second-order valence-electron chi connectivity index (χ2n) is 2.75. The Kier molecular flexibility index (Phi) is 2.71. The van der Waals surface area contributed by atoms with E-state index in [9.17, 15) is 0 Å². The molecule has 1 aromatic carbocycles. The summed E-state index contributed by atoms with van der Waals surface area (Å²) in [6.07, 6.45) is 1.64. The first-order valence-electron chi connectivity index (χ1n) is 4.06. The molecular weight excluding hydrogens is 217 g/mol. The Morgan fingerprint density at radius 3 is 2.57 bits per heavy atom. The summed E-state index contributed by atoms with van der Waals surface area (Å²) in [4.78, 5) is 3.86. The van der Waals surface area contributed by atoms with Crippen molar-refractivity contribution in [1.29, 1.82) is 0 Å². The topological polar surface area (TPSA) is 12.9 Å². The minimum atomic E-state index is 0.349. The fourth-order valence-electron chi connectivity index (χ4n) is 1.20. The normalized spacial score (nSPS) is 10.1. The fourth-order valence-corrected chi connectivity index (χ4v) is 1.59. The summed E-state index contributed by atoms with van der Waals surface area (Å²) < 4.78 is 0. The molecule has 1 nitrogen and oxygen atoms in total. The van der Waals surface area contributed by atoms with Crippen molar-refractivity contribution in [2.24, 2.45) is 0 Å². The molecule has 0 N–H and O–H groups in total. The number of aromatic nitrogens is 1. The highest BCUT2D eigenvalue weighted by molar-refractivity contribution is 6.33. The Bertz CT molecular complexity index is 455. The molecule has 1 radical (unpaired) electrons. The number of hydrogen-bond acceptors (Lipinski definition) is 1. The van der Waals surface area contributed by atoms with Gasteiger partial charge in [0.15, 0.2) is 0 Å². The van der Waals surface area contributed by atoms with E-state index in [1.54, 1.807) is 6.20 Å². The van der Waals surface area contributed by atoms with E-state index in [0.29, 0.717) is 10.2 Å². The van der Waals surface area contributed by atoms with Crippen LogP contribution in [0.3, 0.4) is 0 Å². The van der Waals surface area contributed by atoms with Gasteiger partial charge in [-0.25, -0.2) is 4.98 Å². The summed E-state index contributed by atoms with van der Waals surface area (Å²) in [6, 6.07) is 12.3. The van der Waals surface area contributed by atoms with Gasteiger partial charge in [-0.1, -0.05) is 41.4 Å². The van der Waals surface area contributed by atoms with Crippen molar-refractivity contribution in [2.45, 2.75) is 0 Å². The zero-order valence-corrected chi connectivity index (χ0v) is 8.68. The van der Waals surface area contributed by atoms with E-state index in [1.807, 2.05) is 30.3 Å². The Hall–Kier alpha value is -1.05. The van der Waals surface area contributed by atoms with Gasteiger partial charge in [-0.15, -0.1) is 0 Å². The van der Waals surface area contributed by atoms with Crippen LogP contribution in [-0.4, -0.2) is 4.98 Å². The quantitative estimate of drug-likeness (QED) is 0.669. The van der Waals surface area contributed by atoms with Crippen LogP contribution in [0.15, 0.2) is 36.5 Å². The number of nitrogens with zero attached hydrogens (tertiary/aromatic N) is 1. The highest BCUT2D eigenvalue weighted by atomic mass is 35.5. The Labute approximate surface area is 92.3 Å². The van der Waals surface area contributed by atoms with Crippen molar-refractivity contribution in [3.05, 3.63) is 52.8 Å². The number of halogens is 2. The molecule has 0 amide bonds. The van der Waals surface area contributed by atoms with Gasteiger partial charge in [0.05, 0.1) is 0 Å². The van der Waals surface area contributed by atoms with Crippen LogP contribution in [0.4, 0.5) is 0 Å². The molecule has 0 atom stereocenters. The molecule has 14 heavy (non-hydrogen) atoms. The number of hydrogen-bond donors (Lipinski definition) is 0. The number of rotatable bonds is 1. The molecule has 69 valence electrons. The van der Waals surface area contributed by atoms with Gasteiger partial charge < -0.3 is 0 Å². The predicted octanol–water partition coefficient (Wildman–Crippen LogP) is 3.86. The van der Waals surface area contributed by atoms with Gasteiger partial charge >= 0.3 is 0 Å². The maximum atomic E-state index is 6.03. The van der Waals surface area contributed by atoms with Gasteiger partial charge in [-0.2, -0.15) is 0 Å². The van der Waals surface area contributed by atoms with Crippen LogP contribution in [0.25, 0.3) is 11.1 Å². The van der Waals surface area contributed by atoms with E-state index in [2.05, 4.69) is 11.1 Å². The fraction of sp³-hybridized carbons (Fsp3) is 0. The van der Waals surface area contributed by atoms with Crippen LogP contribution < -0.4 is 0 Å². The van der Waals surface area contributed by atoms with E-state index in [1.165, 1.54) is 0 Å². The Balaban J connectivity index is 2.55. The maximum Gasteiger partial charge on any atom is 0.137 e. The van der Waals surface area contributed by atoms with Crippen LogP contribution in [0.1, 0.15) is 0 Å². The monoisotopic (exact) mass is 222 g/mol. The SMILES string of the molecule is Clc1[c]c(-c2ccccc2Cl)ccn1. The van der Waals surface area contributed by atoms with Crippen LogP contribution >= 0.6 is 23.2 Å². The highest BCUT2D eigenvalue weighted by Gasteiger charge is 2.02. The predicted molar refractivity (Wildman–Crippen MR) is 58.5 cm³/mol. The van der Waals surface area contributed by atoms with E-state index < -0.39 is 0 Å². The first-order valence-corrected chi connectivity index (χ1v) is 4.82. The van der Waals surface area contributed by atoms with Gasteiger partial charge in [-0.3, -0.25) is 0 Å². The number of pyridine rings is 1. The molecular formula is C11H6Cl2N. The molecule has 1 heterocycles. The number of benzene rings is 1. The lowest BCUT2D eigenvalue weighted by Gasteiger charge is -2.02. The van der Waals surface area contributed by atoms with E-state index in [4.69, 9.17) is 23.2 Å². The first kappa shape index (κ1) is 9.50. The largest absolute Gasteiger partial charge is 0.244 e. The van der Waals surface area contributed by atoms with Crippen molar-refractivity contribution in [1.82, 2.24) is 4.98 Å². The smallest absolute Gasteiger partial charge is 0.137 e. The minimum Gasteiger partial charge on any atom is -0.244 e. The zero-order valence-electron chi connectivity index (χ0n) is 7.17. The molecule has 0 aliphatic heterocycles. The van der Waals surface area contributed by atoms with Crippen molar-refractivity contribution < 1.29 is 0 Å². The molecule has 3 heteroatoms. The Morgan fingerprint density at radius 1 is 1.07 bits per heavy atom. The lowest BCUT2D eigenvalue weighted by Crippen LogP contribution is -1.81. The van der Waals surface area contributed by atoms with Gasteiger partial charge in [0.25, 0.3) is 0 Å². The molecule has 0 saturated carbocycles. The summed E-state index contributed by atoms with van der Waals surface area (Å²) in [6.45, 7) is 0. The molecule has 0 saturated heterocycles. The lowest BCUT2D eigenvalue weighted by atomic mass is 10.1. The standard InChI is InChI=1S/C11H6Cl2N/c12-10-4-2-1-3-9(10)8-5-6-14-11(13)7-8/h1-6H. The van der Waals surface area contributed by atoms with Crippen LogP contribution in [-0.2, 0) is 0 Å². The third kappa shape index (κ3) is 1.89. The molecule has 2 rings (SSSR count). The summed E-state index contributed by atoms with van der Waals surface area (Å²) in [5.74, 6) is 0. The van der Waals surface area contributed by atoms with E-state index in [-0.39, 0.29) is 0 Å². The Morgan fingerprint density at radius 2 is 1.86 bits per heavy atom. The molecule has 0 aliphatic rings. The lowest BCUT2D eigenvalue weighted by molar-refractivity contribution is 1.32. The van der Waals surface area contributed by atoms with Gasteiger partial charge in [0.1, 0.15) is 5.15 Å². The van der Waals surface area contributed by atoms with Crippen molar-refractivity contribution in [3.8, 4) is 11.1 Å². The van der Waals surface area contributed by atoms with Crippen LogP contribution in [0.5, 0.6) is 0 Å². The van der Waals surface area contributed by atoms with Gasteiger partial charge in [0.2, 0.25) is 0 Å². The molecule has 0 spiro atoms. The second-order valence-corrected chi connectivity index (χ2v) is 3.52. The first-order chi connectivity index (χ1) is 6.77. The van der Waals surface area contributed by atoms with E-state index in [0.717, 1.165) is 11.1 Å². The van der Waals surface area contributed by atoms with E-state index >= 15 is 0 Å². The van der Waals surface area contributed by atoms with Crippen LogP contribution in [0.2, 0.25) is 10.2 Å². The molecule has 0 unspecified atom stereocenters. The zero-order chi connectivity index (χ0) is 9.97. The molecule has 0 bridgehead atoms. The van der Waals surface area contributed by atoms with Crippen molar-refractivity contribution in [3.63, 3.8) is 0 Å². The molecule has 0 fully saturated rings. The average molecular weight is 223 g/mol. The third-order valence-corrected chi connectivity index (χ3v) is 2.35. The van der Waals surface area contributed by atoms with Crippen molar-refractivity contribution >= 4 is 23.2 Å². The molecule has 1 aromatic heterocycles. The maximum absolute atomic E-state index is 6.03. The molecule has 2 aromatic rings. The van der Waals surface area contributed by atoms with Crippen LogP contribution in [0, 0.1) is 6.07 Å². The summed E-state index contributed by atoms with van der Waals surface area (Å²) in [5, 5.41) is 1.04.